The van der Waals surface area contributed by atoms with Crippen LogP contribution < -0.4 is 10.9 Å². The number of benzene rings is 3. The van der Waals surface area contributed by atoms with Crippen molar-refractivity contribution in [2.45, 2.75) is 20.8 Å². The van der Waals surface area contributed by atoms with E-state index in [1.807, 2.05) is 0 Å². The first kappa shape index (κ1) is 17.8. The summed E-state index contributed by atoms with van der Waals surface area (Å²) in [4.78, 5) is 0. The van der Waals surface area contributed by atoms with Crippen molar-refractivity contribution >= 4 is 22.7 Å². The van der Waals surface area contributed by atoms with Crippen LogP contribution in [-0.2, 0) is 4.28 Å². The summed E-state index contributed by atoms with van der Waals surface area (Å²) in [7, 11) is 2.18. The highest BCUT2D eigenvalue weighted by atomic mass is 16.6. The van der Waals surface area contributed by atoms with Crippen LogP contribution in [-0.4, -0.2) is 20.1 Å². The van der Waals surface area contributed by atoms with Crippen LogP contribution in [0.25, 0.3) is 5.47 Å². The molecular formula is C25H27BO. The van der Waals surface area contributed by atoms with Gasteiger partial charge in [0.2, 0.25) is 0 Å². The van der Waals surface area contributed by atoms with Crippen molar-refractivity contribution in [3.8, 4) is 0 Å². The number of hydrogen-bond donors (Lipinski definition) is 0. The molecule has 0 bridgehead atoms. The van der Waals surface area contributed by atoms with E-state index < -0.39 is 6.35 Å². The topological polar surface area (TPSA) is 2.70 Å². The summed E-state index contributed by atoms with van der Waals surface area (Å²) in [6.07, 6.45) is 1.15. The highest BCUT2D eigenvalue weighted by Gasteiger charge is 2.48. The Morgan fingerprint density at radius 1 is 0.630 bits per heavy atom. The molecule has 0 saturated heterocycles. The average molecular weight is 354 g/mol. The Balaban J connectivity index is 1.98. The van der Waals surface area contributed by atoms with E-state index in [4.69, 9.17) is 0 Å². The van der Waals surface area contributed by atoms with Crippen LogP contribution in [0.2, 0.25) is 0 Å². The fourth-order valence-electron chi connectivity index (χ4n) is 4.54. The maximum atomic E-state index is 3.51. The van der Waals surface area contributed by atoms with E-state index in [0.29, 0.717) is 0 Å². The van der Waals surface area contributed by atoms with E-state index in [0.717, 1.165) is 6.61 Å². The SMILES string of the molecule is Cc1ccc(C2=CC[O+](C)[B-]2(c2ccc(C)cc2)c2ccc(C)cc2)cc1. The minimum Gasteiger partial charge on any atom is -0.659 e. The summed E-state index contributed by atoms with van der Waals surface area (Å²) < 4.78 is 3.51. The first-order chi connectivity index (χ1) is 13.0. The largest absolute Gasteiger partial charge is 0.659 e. The van der Waals surface area contributed by atoms with Crippen molar-refractivity contribution in [2.75, 3.05) is 13.7 Å². The van der Waals surface area contributed by atoms with Gasteiger partial charge in [0.25, 0.3) is 0 Å². The second-order valence-corrected chi connectivity index (χ2v) is 7.99. The summed E-state index contributed by atoms with van der Waals surface area (Å²) in [5, 5.41) is 0. The summed E-state index contributed by atoms with van der Waals surface area (Å²) in [5.74, 6) is 0. The van der Waals surface area contributed by atoms with Crippen molar-refractivity contribution in [3.63, 3.8) is 0 Å². The third-order valence-electron chi connectivity index (χ3n) is 6.09. The zero-order valence-corrected chi connectivity index (χ0v) is 16.7. The van der Waals surface area contributed by atoms with Gasteiger partial charge in [-0.25, -0.2) is 0 Å². The highest BCUT2D eigenvalue weighted by molar-refractivity contribution is 7.11. The molecule has 4 rings (SSSR count). The van der Waals surface area contributed by atoms with Gasteiger partial charge in [-0.3, -0.25) is 0 Å². The number of rotatable bonds is 3. The number of hydrogen-bond acceptors (Lipinski definition) is 0. The van der Waals surface area contributed by atoms with E-state index in [-0.39, 0.29) is 0 Å². The van der Waals surface area contributed by atoms with E-state index in [9.17, 15) is 0 Å². The highest BCUT2D eigenvalue weighted by Crippen LogP contribution is 2.35. The second-order valence-electron chi connectivity index (χ2n) is 7.99. The van der Waals surface area contributed by atoms with Gasteiger partial charge in [0.1, 0.15) is 6.61 Å². The van der Waals surface area contributed by atoms with E-state index >= 15 is 0 Å². The Hall–Kier alpha value is -2.58. The Kier molecular flexibility index (Phi) is 4.53. The van der Waals surface area contributed by atoms with Crippen molar-refractivity contribution in [1.29, 1.82) is 0 Å². The molecule has 3 aromatic carbocycles. The molecule has 0 fully saturated rings. The van der Waals surface area contributed by atoms with Crippen LogP contribution in [0.15, 0.2) is 78.9 Å². The molecule has 1 aliphatic heterocycles. The molecule has 27 heavy (non-hydrogen) atoms. The lowest BCUT2D eigenvalue weighted by Gasteiger charge is -2.43. The molecule has 0 aliphatic carbocycles. The zero-order chi connectivity index (χ0) is 19.0. The lowest BCUT2D eigenvalue weighted by atomic mass is 9.27. The summed E-state index contributed by atoms with van der Waals surface area (Å²) in [6, 6.07) is 27.1. The minimum atomic E-state index is -1.23. The molecular weight excluding hydrogens is 327 g/mol. The molecule has 1 heterocycles. The van der Waals surface area contributed by atoms with Gasteiger partial charge >= 0.3 is 6.35 Å². The third kappa shape index (κ3) is 2.94. The molecule has 0 atom stereocenters. The first-order valence-electron chi connectivity index (χ1n) is 9.71. The number of aryl methyl sites for hydroxylation is 3. The summed E-state index contributed by atoms with van der Waals surface area (Å²) in [6.45, 7) is 7.33. The van der Waals surface area contributed by atoms with Gasteiger partial charge in [0, 0.05) is 0 Å². The Labute approximate surface area is 163 Å². The fraction of sp³-hybridized carbons (Fsp3) is 0.200. The van der Waals surface area contributed by atoms with Crippen LogP contribution in [0.3, 0.4) is 0 Å². The maximum Gasteiger partial charge on any atom is 0.377 e. The normalized spacial score (nSPS) is 16.4. The van der Waals surface area contributed by atoms with Crippen LogP contribution >= 0.6 is 0 Å². The Bertz CT molecular complexity index is 921. The molecule has 0 aromatic heterocycles. The van der Waals surface area contributed by atoms with Crippen molar-refractivity contribution < 1.29 is 4.28 Å². The quantitative estimate of drug-likeness (QED) is 0.481. The minimum absolute atomic E-state index is 0.880. The third-order valence-corrected chi connectivity index (χ3v) is 6.09. The molecule has 1 aliphatic rings. The molecule has 0 radical (unpaired) electrons. The smallest absolute Gasteiger partial charge is 0.377 e. The van der Waals surface area contributed by atoms with Gasteiger partial charge in [-0.05, 0) is 26.8 Å². The van der Waals surface area contributed by atoms with E-state index in [2.05, 4.69) is 111 Å². The molecule has 0 saturated carbocycles. The summed E-state index contributed by atoms with van der Waals surface area (Å²) in [5.41, 5.74) is 9.28. The molecule has 0 unspecified atom stereocenters. The van der Waals surface area contributed by atoms with Crippen molar-refractivity contribution in [1.82, 2.24) is 0 Å². The molecule has 0 spiro atoms. The lowest BCUT2D eigenvalue weighted by Crippen LogP contribution is -2.64. The van der Waals surface area contributed by atoms with E-state index in [1.54, 1.807) is 0 Å². The molecule has 1 nitrogen and oxygen atoms in total. The lowest BCUT2D eigenvalue weighted by molar-refractivity contribution is 0.0891. The van der Waals surface area contributed by atoms with Crippen LogP contribution in [0, 0.1) is 20.8 Å². The molecule has 2 heteroatoms. The van der Waals surface area contributed by atoms with Crippen LogP contribution in [0.1, 0.15) is 22.3 Å². The van der Waals surface area contributed by atoms with Gasteiger partial charge in [0.05, 0.1) is 7.11 Å². The van der Waals surface area contributed by atoms with Crippen LogP contribution in [0.4, 0.5) is 0 Å². The van der Waals surface area contributed by atoms with Gasteiger partial charge in [-0.2, -0.15) is 0 Å². The summed E-state index contributed by atoms with van der Waals surface area (Å²) >= 11 is 0. The van der Waals surface area contributed by atoms with Crippen molar-refractivity contribution in [3.05, 3.63) is 101 Å². The molecule has 3 aromatic rings. The monoisotopic (exact) mass is 354 g/mol. The van der Waals surface area contributed by atoms with Gasteiger partial charge < -0.3 is 4.28 Å². The van der Waals surface area contributed by atoms with Crippen molar-refractivity contribution in [2.24, 2.45) is 0 Å². The van der Waals surface area contributed by atoms with E-state index in [1.165, 1.54) is 38.7 Å². The van der Waals surface area contributed by atoms with Gasteiger partial charge in [-0.1, -0.05) is 95.1 Å². The molecule has 0 N–H and O–H groups in total. The molecule has 0 amide bonds. The second kappa shape index (κ2) is 6.86. The first-order valence-corrected chi connectivity index (χ1v) is 9.71. The fourth-order valence-corrected chi connectivity index (χ4v) is 4.54. The van der Waals surface area contributed by atoms with Gasteiger partial charge in [-0.15, -0.1) is 16.4 Å². The maximum absolute atomic E-state index is 3.51. The predicted octanol–water partition coefficient (Wildman–Crippen LogP) is 4.49. The standard InChI is InChI=1S/C25H27BO/c1-19-5-11-22(12-6-19)25-17-18-27(4)26(25,23-13-7-20(2)8-14-23)24-15-9-21(3)10-16-24/h5-17H,18H2,1-4H3. The Morgan fingerprint density at radius 2 is 1.04 bits per heavy atom. The molecule has 136 valence electrons. The predicted molar refractivity (Wildman–Crippen MR) is 118 cm³/mol. The van der Waals surface area contributed by atoms with Gasteiger partial charge in [0.15, 0.2) is 0 Å². The van der Waals surface area contributed by atoms with Crippen LogP contribution in [0.5, 0.6) is 0 Å². The average Bonchev–Trinajstić information content (AvgIpc) is 3.01. The zero-order valence-electron chi connectivity index (χ0n) is 16.7. The Morgan fingerprint density at radius 3 is 1.48 bits per heavy atom.